The fourth-order valence-electron chi connectivity index (χ4n) is 11.2. The van der Waals surface area contributed by atoms with E-state index in [4.69, 9.17) is 8.83 Å². The fraction of sp³-hybridized carbons (Fsp3) is 0.0645. The zero-order chi connectivity index (χ0) is 45.4. The second kappa shape index (κ2) is 14.3. The Morgan fingerprint density at radius 3 is 1.60 bits per heavy atom. The maximum absolute atomic E-state index is 6.81. The molecule has 0 fully saturated rings. The third-order valence-electron chi connectivity index (χ3n) is 14.3. The number of hydrogen-bond donors (Lipinski definition) is 0. The number of anilines is 6. The van der Waals surface area contributed by atoms with Crippen molar-refractivity contribution in [3.8, 4) is 0 Å². The van der Waals surface area contributed by atoms with E-state index in [0.29, 0.717) is 0 Å². The van der Waals surface area contributed by atoms with Gasteiger partial charge in [0.2, 0.25) is 0 Å². The SMILES string of the molecule is Cc1cccc2c1oc1cc(N(c3ccccc3)c3ccc4c5cc6ccc(N(c7ccccc7)c7ccc8c(c7)oc7c([Si](C)(C)C)cccc78)cc6c6c7ccccc7n(c4c3)c56)ccc12. The predicted molar refractivity (Wildman–Crippen MR) is 290 cm³/mol. The van der Waals surface area contributed by atoms with Gasteiger partial charge < -0.3 is 23.0 Å². The highest BCUT2D eigenvalue weighted by molar-refractivity contribution is 6.90. The van der Waals surface area contributed by atoms with Crippen LogP contribution in [0.5, 0.6) is 0 Å². The van der Waals surface area contributed by atoms with E-state index < -0.39 is 8.07 Å². The van der Waals surface area contributed by atoms with Crippen LogP contribution in [0.1, 0.15) is 5.56 Å². The summed E-state index contributed by atoms with van der Waals surface area (Å²) in [4.78, 5) is 4.72. The molecular formula is C62H45N3O2Si. The normalized spacial score (nSPS) is 12.4. The molecule has 0 bridgehead atoms. The van der Waals surface area contributed by atoms with Crippen LogP contribution in [0.4, 0.5) is 34.1 Å². The highest BCUT2D eigenvalue weighted by atomic mass is 28.3. The molecule has 0 N–H and O–H groups in total. The molecule has 0 aliphatic rings. The zero-order valence-corrected chi connectivity index (χ0v) is 39.2. The maximum atomic E-state index is 6.81. The second-order valence-corrected chi connectivity index (χ2v) is 24.4. The number of fused-ring (bicyclic) bond motifs is 14. The van der Waals surface area contributed by atoms with E-state index in [0.717, 1.165) is 78.2 Å². The predicted octanol–water partition coefficient (Wildman–Crippen LogP) is 17.6. The van der Waals surface area contributed by atoms with Gasteiger partial charge >= 0.3 is 0 Å². The Bertz CT molecular complexity index is 4330. The second-order valence-electron chi connectivity index (χ2n) is 19.4. The van der Waals surface area contributed by atoms with Crippen molar-refractivity contribution in [3.05, 3.63) is 206 Å². The fourth-order valence-corrected chi connectivity index (χ4v) is 12.6. The van der Waals surface area contributed by atoms with Crippen LogP contribution < -0.4 is 15.0 Å². The molecule has 0 radical (unpaired) electrons. The summed E-state index contributed by atoms with van der Waals surface area (Å²) >= 11 is 0. The number of benzene rings is 10. The van der Waals surface area contributed by atoms with Crippen LogP contribution in [0, 0.1) is 6.92 Å². The molecule has 6 heteroatoms. The highest BCUT2D eigenvalue weighted by Gasteiger charge is 2.26. The third kappa shape index (κ3) is 5.68. The number of furan rings is 2. The summed E-state index contributed by atoms with van der Waals surface area (Å²) in [5.41, 5.74) is 14.9. The lowest BCUT2D eigenvalue weighted by Crippen LogP contribution is -2.37. The molecule has 5 nitrogen and oxygen atoms in total. The molecule has 0 aliphatic carbocycles. The Hall–Kier alpha value is -8.32. The van der Waals surface area contributed by atoms with Gasteiger partial charge in [-0.1, -0.05) is 123 Å². The minimum absolute atomic E-state index is 0.877. The molecule has 0 aliphatic heterocycles. The highest BCUT2D eigenvalue weighted by Crippen LogP contribution is 2.48. The maximum Gasteiger partial charge on any atom is 0.138 e. The molecule has 14 aromatic rings. The van der Waals surface area contributed by atoms with Crippen LogP contribution >= 0.6 is 0 Å². The minimum atomic E-state index is -1.65. The lowest BCUT2D eigenvalue weighted by Gasteiger charge is -2.26. The van der Waals surface area contributed by atoms with Gasteiger partial charge in [0.15, 0.2) is 0 Å². The van der Waals surface area contributed by atoms with Crippen LogP contribution in [0.25, 0.3) is 92.7 Å². The van der Waals surface area contributed by atoms with E-state index in [1.54, 1.807) is 0 Å². The molecule has 324 valence electrons. The topological polar surface area (TPSA) is 37.2 Å². The lowest BCUT2D eigenvalue weighted by atomic mass is 9.99. The van der Waals surface area contributed by atoms with Crippen molar-refractivity contribution in [1.29, 1.82) is 0 Å². The van der Waals surface area contributed by atoms with Crippen LogP contribution in [0.3, 0.4) is 0 Å². The number of aromatic nitrogens is 1. The van der Waals surface area contributed by atoms with E-state index in [-0.39, 0.29) is 0 Å². The van der Waals surface area contributed by atoms with Crippen LogP contribution in [0.15, 0.2) is 209 Å². The van der Waals surface area contributed by atoms with Gasteiger partial charge in [-0.15, -0.1) is 0 Å². The summed E-state index contributed by atoms with van der Waals surface area (Å²) in [5.74, 6) is 0. The van der Waals surface area contributed by atoms with Crippen LogP contribution in [-0.4, -0.2) is 12.5 Å². The minimum Gasteiger partial charge on any atom is -0.456 e. The van der Waals surface area contributed by atoms with Gasteiger partial charge in [-0.3, -0.25) is 0 Å². The van der Waals surface area contributed by atoms with Crippen LogP contribution in [0.2, 0.25) is 19.6 Å². The summed E-state index contributed by atoms with van der Waals surface area (Å²) in [6.07, 6.45) is 0. The first-order valence-electron chi connectivity index (χ1n) is 23.5. The standard InChI is InChI=1S/C62H45N3O2Si/c1-38-15-13-21-49-47-31-28-45(36-56(47)66-61(38)49)64(41-18-9-6-10-19-41)43-27-30-46-53-33-39-25-26-42(34-52(39)59-51-20-11-12-23-54(51)65(60(53)59)55(46)35-43)63(40-16-7-5-8-17-40)44-29-32-48-50-22-14-24-58(68(2,3)4)62(50)67-57(48)37-44/h5-37H,1-4H3. The Balaban J connectivity index is 0.968. The van der Waals surface area contributed by atoms with E-state index in [9.17, 15) is 0 Å². The molecule has 0 saturated heterocycles. The van der Waals surface area contributed by atoms with E-state index in [1.807, 2.05) is 0 Å². The molecule has 0 saturated carbocycles. The molecule has 0 amide bonds. The van der Waals surface area contributed by atoms with Gasteiger partial charge in [0.1, 0.15) is 22.3 Å². The molecule has 14 rings (SSSR count). The van der Waals surface area contributed by atoms with Gasteiger partial charge in [0, 0.05) is 89.3 Å². The van der Waals surface area contributed by atoms with Crippen molar-refractivity contribution in [2.24, 2.45) is 0 Å². The van der Waals surface area contributed by atoms with Crippen LogP contribution in [-0.2, 0) is 0 Å². The monoisotopic (exact) mass is 891 g/mol. The van der Waals surface area contributed by atoms with E-state index in [2.05, 4.69) is 241 Å². The Kier molecular flexibility index (Phi) is 8.20. The molecule has 0 spiro atoms. The van der Waals surface area contributed by atoms with Gasteiger partial charge in [-0.2, -0.15) is 0 Å². The smallest absolute Gasteiger partial charge is 0.138 e. The molecule has 10 aromatic carbocycles. The van der Waals surface area contributed by atoms with Gasteiger partial charge in [-0.05, 0) is 113 Å². The molecule has 4 heterocycles. The van der Waals surface area contributed by atoms with Gasteiger partial charge in [0.25, 0.3) is 0 Å². The quantitative estimate of drug-likeness (QED) is 0.149. The van der Waals surface area contributed by atoms with Gasteiger partial charge in [-0.25, -0.2) is 0 Å². The zero-order valence-electron chi connectivity index (χ0n) is 38.2. The Morgan fingerprint density at radius 2 is 0.926 bits per heavy atom. The average molecular weight is 892 g/mol. The number of para-hydroxylation sites is 5. The first-order chi connectivity index (χ1) is 33.3. The summed E-state index contributed by atoms with van der Waals surface area (Å²) in [5, 5.41) is 13.3. The van der Waals surface area contributed by atoms with Crippen molar-refractivity contribution in [2.75, 3.05) is 9.80 Å². The average Bonchev–Trinajstić information content (AvgIpc) is 4.11. The molecule has 4 aromatic heterocycles. The third-order valence-corrected chi connectivity index (χ3v) is 16.3. The Morgan fingerprint density at radius 1 is 0.382 bits per heavy atom. The molecule has 0 atom stereocenters. The van der Waals surface area contributed by atoms with Crippen molar-refractivity contribution >= 4 is 140 Å². The van der Waals surface area contributed by atoms with Crippen molar-refractivity contribution in [2.45, 2.75) is 26.6 Å². The van der Waals surface area contributed by atoms with Gasteiger partial charge in [0.05, 0.1) is 24.6 Å². The largest absolute Gasteiger partial charge is 0.456 e. The van der Waals surface area contributed by atoms with Crippen molar-refractivity contribution in [1.82, 2.24) is 4.40 Å². The number of nitrogens with zero attached hydrogens (tertiary/aromatic N) is 3. The Labute approximate surface area is 393 Å². The number of rotatable bonds is 7. The summed E-state index contributed by atoms with van der Waals surface area (Å²) < 4.78 is 15.9. The lowest BCUT2D eigenvalue weighted by molar-refractivity contribution is 0.666. The van der Waals surface area contributed by atoms with E-state index in [1.165, 1.54) is 59.4 Å². The summed E-state index contributed by atoms with van der Waals surface area (Å²) in [7, 11) is -1.65. The number of hydrogen-bond acceptors (Lipinski definition) is 4. The summed E-state index contributed by atoms with van der Waals surface area (Å²) in [6, 6.07) is 72.9. The molecule has 68 heavy (non-hydrogen) atoms. The molecule has 0 unspecified atom stereocenters. The van der Waals surface area contributed by atoms with E-state index >= 15 is 0 Å². The first-order valence-corrected chi connectivity index (χ1v) is 27.0. The summed E-state index contributed by atoms with van der Waals surface area (Å²) in [6.45, 7) is 9.27. The molecular weight excluding hydrogens is 847 g/mol. The van der Waals surface area contributed by atoms with Crippen molar-refractivity contribution in [3.63, 3.8) is 0 Å². The number of aryl methyl sites for hydroxylation is 1. The van der Waals surface area contributed by atoms with Crippen molar-refractivity contribution < 1.29 is 8.83 Å². The first kappa shape index (κ1) is 38.9.